The fraction of sp³-hybridized carbons (Fsp3) is 0.429. The van der Waals surface area contributed by atoms with Crippen molar-refractivity contribution in [1.82, 2.24) is 9.47 Å². The quantitative estimate of drug-likeness (QED) is 0.362. The molecule has 0 unspecified atom stereocenters. The van der Waals surface area contributed by atoms with E-state index in [1.165, 1.54) is 23.9 Å². The van der Waals surface area contributed by atoms with Crippen LogP contribution in [0.15, 0.2) is 34.0 Å². The summed E-state index contributed by atoms with van der Waals surface area (Å²) in [6, 6.07) is 8.56. The van der Waals surface area contributed by atoms with Gasteiger partial charge in [0.1, 0.15) is 27.6 Å². The van der Waals surface area contributed by atoms with Crippen molar-refractivity contribution >= 4 is 51.8 Å². The summed E-state index contributed by atoms with van der Waals surface area (Å²) in [5.41, 5.74) is 2.00. The lowest BCUT2D eigenvalue weighted by atomic mass is 10.0. The molecule has 0 spiro atoms. The van der Waals surface area contributed by atoms with Gasteiger partial charge in [-0.3, -0.25) is 19.1 Å². The number of nitriles is 1. The smallest absolute Gasteiger partial charge is 0.270 e. The van der Waals surface area contributed by atoms with Crippen molar-refractivity contribution in [3.63, 3.8) is 0 Å². The Morgan fingerprint density at radius 3 is 2.34 bits per heavy atom. The molecule has 0 N–H and O–H groups in total. The Labute approximate surface area is 232 Å². The number of hydrogen-bond donors (Lipinski definition) is 0. The van der Waals surface area contributed by atoms with Gasteiger partial charge in [-0.05, 0) is 55.2 Å². The predicted molar refractivity (Wildman–Crippen MR) is 156 cm³/mol. The predicted octanol–water partition coefficient (Wildman–Crippen LogP) is 4.76. The second-order valence-corrected chi connectivity index (χ2v) is 11.6. The number of rotatable bonds is 7. The van der Waals surface area contributed by atoms with Crippen molar-refractivity contribution in [2.75, 3.05) is 42.5 Å². The number of amides is 1. The minimum atomic E-state index is -0.313. The number of pyridine rings is 1. The third kappa shape index (κ3) is 5.49. The molecule has 10 heteroatoms. The van der Waals surface area contributed by atoms with Crippen molar-refractivity contribution in [3.8, 4) is 6.07 Å². The molecule has 3 heterocycles. The van der Waals surface area contributed by atoms with E-state index in [0.29, 0.717) is 66.0 Å². The third-order valence-corrected chi connectivity index (χ3v) is 8.14. The number of hydrogen-bond acceptors (Lipinski definition) is 7. The van der Waals surface area contributed by atoms with Crippen LogP contribution >= 0.6 is 24.0 Å². The Balaban J connectivity index is 1.77. The topological polar surface area (TPSA) is 72.6 Å². The normalized spacial score (nSPS) is 17.2. The number of thiocarbonyl (C=S) groups is 1. The van der Waals surface area contributed by atoms with Gasteiger partial charge in [-0.15, -0.1) is 0 Å². The first-order valence-corrected chi connectivity index (χ1v) is 14.1. The number of anilines is 2. The molecule has 2 saturated heterocycles. The monoisotopic (exact) mass is 553 g/mol. The van der Waals surface area contributed by atoms with E-state index in [1.54, 1.807) is 28.5 Å². The van der Waals surface area contributed by atoms with E-state index in [2.05, 4.69) is 15.9 Å². The zero-order valence-electron chi connectivity index (χ0n) is 22.2. The van der Waals surface area contributed by atoms with E-state index in [9.17, 15) is 19.2 Å². The first-order valence-electron chi connectivity index (χ1n) is 12.8. The van der Waals surface area contributed by atoms with E-state index < -0.39 is 0 Å². The lowest BCUT2D eigenvalue weighted by Gasteiger charge is -2.39. The zero-order valence-corrected chi connectivity index (χ0v) is 23.8. The number of nitrogens with zero attached hydrogens (tertiary/aromatic N) is 5. The Bertz CT molecular complexity index is 1370. The summed E-state index contributed by atoms with van der Waals surface area (Å²) in [5.74, 6) is 0.573. The van der Waals surface area contributed by atoms with E-state index in [0.717, 1.165) is 11.5 Å². The highest BCUT2D eigenvalue weighted by Gasteiger charge is 2.34. The molecule has 7 nitrogen and oxygen atoms in total. The van der Waals surface area contributed by atoms with E-state index in [-0.39, 0.29) is 28.8 Å². The second kappa shape index (κ2) is 11.7. The van der Waals surface area contributed by atoms with Gasteiger partial charge in [-0.25, -0.2) is 4.39 Å². The van der Waals surface area contributed by atoms with Gasteiger partial charge in [-0.2, -0.15) is 5.26 Å². The van der Waals surface area contributed by atoms with Gasteiger partial charge in [0.2, 0.25) is 0 Å². The fourth-order valence-corrected chi connectivity index (χ4v) is 6.15. The van der Waals surface area contributed by atoms with Gasteiger partial charge in [0, 0.05) is 50.5 Å². The number of thioether (sulfide) groups is 1. The number of benzene rings is 1. The molecular weight excluding hydrogens is 521 g/mol. The zero-order chi connectivity index (χ0) is 27.6. The Kier molecular flexibility index (Phi) is 8.58. The Morgan fingerprint density at radius 2 is 1.76 bits per heavy atom. The average Bonchev–Trinajstić information content (AvgIpc) is 3.15. The van der Waals surface area contributed by atoms with Crippen LogP contribution in [0.3, 0.4) is 0 Å². The molecule has 4 rings (SSSR count). The number of carbonyl (C=O) groups excluding carboxylic acids is 1. The molecule has 0 saturated carbocycles. The van der Waals surface area contributed by atoms with Crippen molar-refractivity contribution in [2.45, 2.75) is 40.7 Å². The van der Waals surface area contributed by atoms with Crippen LogP contribution in [0.25, 0.3) is 6.08 Å². The molecule has 0 atom stereocenters. The van der Waals surface area contributed by atoms with Crippen LogP contribution in [-0.2, 0) is 11.3 Å². The van der Waals surface area contributed by atoms with Crippen molar-refractivity contribution in [2.24, 2.45) is 5.92 Å². The van der Waals surface area contributed by atoms with Crippen molar-refractivity contribution in [3.05, 3.63) is 62.0 Å². The molecule has 2 fully saturated rings. The molecule has 200 valence electrons. The lowest BCUT2D eigenvalue weighted by molar-refractivity contribution is -0.122. The van der Waals surface area contributed by atoms with Gasteiger partial charge in [0.05, 0.1) is 4.91 Å². The number of piperazine rings is 1. The maximum absolute atomic E-state index is 13.4. The molecule has 1 amide bonds. The van der Waals surface area contributed by atoms with Crippen LogP contribution < -0.4 is 15.4 Å². The summed E-state index contributed by atoms with van der Waals surface area (Å²) in [6.07, 6.45) is 2.52. The first-order chi connectivity index (χ1) is 18.2. The lowest BCUT2D eigenvalue weighted by Crippen LogP contribution is -2.48. The SMILES string of the molecule is CCCn1c(N2CCN(c3ccc(F)cc3)CC2)c(/C=C2\SC(=S)N(CC(C)C)C2=O)c(C)c(C#N)c1=O. The molecule has 2 aliphatic rings. The molecule has 0 aliphatic carbocycles. The average molecular weight is 554 g/mol. The molecular formula is C28H32FN5O2S2. The molecule has 2 aliphatic heterocycles. The largest absolute Gasteiger partial charge is 0.368 e. The molecule has 38 heavy (non-hydrogen) atoms. The minimum absolute atomic E-state index is 0.0936. The Morgan fingerprint density at radius 1 is 1.13 bits per heavy atom. The standard InChI is InChI=1S/C28H32FN5O2S2/c1-5-10-33-25(32-13-11-31(12-14-32)21-8-6-20(29)7-9-21)22(19(4)23(16-30)26(33)35)15-24-27(36)34(17-18(2)3)28(37)38-24/h6-9,15,18H,5,10-14,17H2,1-4H3/b24-15-. The highest BCUT2D eigenvalue weighted by molar-refractivity contribution is 8.26. The molecule has 2 aromatic rings. The highest BCUT2D eigenvalue weighted by Crippen LogP contribution is 2.36. The number of carbonyl (C=O) groups is 1. The third-order valence-electron chi connectivity index (χ3n) is 6.76. The second-order valence-electron chi connectivity index (χ2n) is 9.94. The molecule has 1 aromatic heterocycles. The van der Waals surface area contributed by atoms with E-state index in [1.807, 2.05) is 26.8 Å². The summed E-state index contributed by atoms with van der Waals surface area (Å²) < 4.78 is 15.6. The summed E-state index contributed by atoms with van der Waals surface area (Å²) in [5, 5.41) is 9.86. The summed E-state index contributed by atoms with van der Waals surface area (Å²) >= 11 is 6.76. The van der Waals surface area contributed by atoms with Gasteiger partial charge in [0.25, 0.3) is 11.5 Å². The summed E-state index contributed by atoms with van der Waals surface area (Å²) in [7, 11) is 0. The first kappa shape index (κ1) is 27.9. The van der Waals surface area contributed by atoms with Gasteiger partial charge < -0.3 is 9.80 Å². The molecule has 0 radical (unpaired) electrons. The van der Waals surface area contributed by atoms with E-state index in [4.69, 9.17) is 12.2 Å². The minimum Gasteiger partial charge on any atom is -0.368 e. The van der Waals surface area contributed by atoms with Gasteiger partial charge >= 0.3 is 0 Å². The van der Waals surface area contributed by atoms with Crippen LogP contribution in [-0.4, -0.2) is 52.4 Å². The maximum atomic E-state index is 13.4. The summed E-state index contributed by atoms with van der Waals surface area (Å²) in [4.78, 5) is 33.2. The van der Waals surface area contributed by atoms with Crippen molar-refractivity contribution < 1.29 is 9.18 Å². The van der Waals surface area contributed by atoms with Gasteiger partial charge in [-0.1, -0.05) is 44.8 Å². The number of halogens is 1. The van der Waals surface area contributed by atoms with E-state index >= 15 is 0 Å². The highest BCUT2D eigenvalue weighted by atomic mass is 32.2. The van der Waals surface area contributed by atoms with Gasteiger partial charge in [0.15, 0.2) is 0 Å². The van der Waals surface area contributed by atoms with Crippen LogP contribution in [0.2, 0.25) is 0 Å². The fourth-order valence-electron chi connectivity index (χ4n) is 4.90. The van der Waals surface area contributed by atoms with Crippen LogP contribution in [0.4, 0.5) is 15.9 Å². The van der Waals surface area contributed by atoms with Crippen LogP contribution in [0, 0.1) is 30.0 Å². The Hall–Kier alpha value is -3.16. The molecule has 1 aromatic carbocycles. The summed E-state index contributed by atoms with van der Waals surface area (Å²) in [6.45, 7) is 11.4. The molecule has 0 bridgehead atoms. The van der Waals surface area contributed by atoms with Crippen molar-refractivity contribution in [1.29, 1.82) is 5.26 Å². The number of aromatic nitrogens is 1. The maximum Gasteiger partial charge on any atom is 0.270 e. The van der Waals surface area contributed by atoms with Crippen LogP contribution in [0.1, 0.15) is 43.9 Å². The van der Waals surface area contributed by atoms with Crippen LogP contribution in [0.5, 0.6) is 0 Å².